The van der Waals surface area contributed by atoms with E-state index in [4.69, 9.17) is 19.9 Å². The molecule has 0 aliphatic carbocycles. The lowest BCUT2D eigenvalue weighted by atomic mass is 9.83. The smallest absolute Gasteiger partial charge is 0.246 e. The van der Waals surface area contributed by atoms with E-state index in [0.717, 1.165) is 30.0 Å². The number of hydrogen-bond acceptors (Lipinski definition) is 12. The number of likely N-dealkylation sites (tertiary alicyclic amines) is 1. The third-order valence-electron chi connectivity index (χ3n) is 11.4. The van der Waals surface area contributed by atoms with Gasteiger partial charge in [0.1, 0.15) is 17.8 Å². The van der Waals surface area contributed by atoms with Gasteiger partial charge in [-0.05, 0) is 71.1 Å². The van der Waals surface area contributed by atoms with Crippen LogP contribution in [0.3, 0.4) is 0 Å². The Hall–Kier alpha value is -3.98. The van der Waals surface area contributed by atoms with Crippen LogP contribution in [0, 0.1) is 5.92 Å². The van der Waals surface area contributed by atoms with Crippen molar-refractivity contribution in [3.05, 3.63) is 42.9 Å². The third-order valence-corrected chi connectivity index (χ3v) is 14.5. The summed E-state index contributed by atoms with van der Waals surface area (Å²) in [4.78, 5) is 32.4. The van der Waals surface area contributed by atoms with Crippen LogP contribution in [0.15, 0.2) is 37.2 Å². The van der Waals surface area contributed by atoms with Crippen molar-refractivity contribution in [1.29, 1.82) is 0 Å². The number of fused-ring (bicyclic) bond motifs is 1. The van der Waals surface area contributed by atoms with Crippen LogP contribution in [0.2, 0.25) is 0 Å². The summed E-state index contributed by atoms with van der Waals surface area (Å²) in [5.41, 5.74) is 0.668. The summed E-state index contributed by atoms with van der Waals surface area (Å²) in [5, 5.41) is 13.9. The summed E-state index contributed by atoms with van der Waals surface area (Å²) >= 11 is 0. The molecule has 4 saturated heterocycles. The average molecular weight is 708 g/mol. The van der Waals surface area contributed by atoms with Crippen molar-refractivity contribution in [3.8, 4) is 0 Å². The van der Waals surface area contributed by atoms with Gasteiger partial charge in [-0.3, -0.25) is 4.79 Å². The van der Waals surface area contributed by atoms with Gasteiger partial charge in [0.15, 0.2) is 15.7 Å². The molecule has 0 radical (unpaired) electrons. The number of nitrogens with one attached hydrogen (secondary N) is 1. The lowest BCUT2D eigenvalue weighted by molar-refractivity contribution is -0.126. The molecule has 3 aromatic rings. The first-order valence-corrected chi connectivity index (χ1v) is 19.1. The number of anilines is 4. The van der Waals surface area contributed by atoms with Gasteiger partial charge in [-0.15, -0.1) is 5.10 Å². The highest BCUT2D eigenvalue weighted by molar-refractivity contribution is 7.93. The van der Waals surface area contributed by atoms with Gasteiger partial charge >= 0.3 is 0 Å². The summed E-state index contributed by atoms with van der Waals surface area (Å²) in [6, 6.07) is 3.28. The number of sulfone groups is 1. The molecule has 7 heterocycles. The van der Waals surface area contributed by atoms with Crippen molar-refractivity contribution in [3.63, 3.8) is 0 Å². The van der Waals surface area contributed by atoms with Crippen molar-refractivity contribution in [2.75, 3.05) is 48.4 Å². The van der Waals surface area contributed by atoms with E-state index in [1.165, 1.54) is 13.2 Å². The Balaban J connectivity index is 1.21. The van der Waals surface area contributed by atoms with E-state index >= 15 is 0 Å². The number of hydrogen-bond donors (Lipinski definition) is 1. The predicted octanol–water partition coefficient (Wildman–Crippen LogP) is 4.54. The molecule has 0 bridgehead atoms. The van der Waals surface area contributed by atoms with Crippen LogP contribution in [0.25, 0.3) is 10.8 Å². The van der Waals surface area contributed by atoms with Gasteiger partial charge in [0.2, 0.25) is 11.9 Å². The van der Waals surface area contributed by atoms with E-state index in [0.29, 0.717) is 68.0 Å². The Morgan fingerprint density at radius 2 is 1.92 bits per heavy atom. The Kier molecular flexibility index (Phi) is 9.16. The van der Waals surface area contributed by atoms with Gasteiger partial charge in [0, 0.05) is 61.9 Å². The Bertz CT molecular complexity index is 1890. The molecule has 3 aromatic heterocycles. The maximum absolute atomic E-state index is 14.7. The van der Waals surface area contributed by atoms with Crippen LogP contribution in [-0.4, -0.2) is 106 Å². The monoisotopic (exact) mass is 707 g/mol. The largest absolute Gasteiger partial charge is 0.378 e. The fraction of sp³-hybridized carbons (Fsp3) is 0.600. The number of nitrogens with zero attached hydrogens (tertiary/aromatic N) is 8. The van der Waals surface area contributed by atoms with Crippen LogP contribution in [0.1, 0.15) is 71.0 Å². The van der Waals surface area contributed by atoms with Crippen molar-refractivity contribution in [2.45, 2.75) is 93.7 Å². The summed E-state index contributed by atoms with van der Waals surface area (Å²) in [7, 11) is -1.77. The minimum Gasteiger partial charge on any atom is -0.378 e. The predicted molar refractivity (Wildman–Crippen MR) is 190 cm³/mol. The van der Waals surface area contributed by atoms with Gasteiger partial charge in [0.05, 0.1) is 34.4 Å². The van der Waals surface area contributed by atoms with Crippen molar-refractivity contribution >= 4 is 49.9 Å². The molecule has 1 N–H and O–H groups in total. The molecule has 4 unspecified atom stereocenters. The maximum Gasteiger partial charge on any atom is 0.246 e. The molecule has 0 saturated carbocycles. The van der Waals surface area contributed by atoms with Gasteiger partial charge in [-0.25, -0.2) is 22.8 Å². The molecule has 1 amide bonds. The second-order valence-corrected chi connectivity index (χ2v) is 17.4. The summed E-state index contributed by atoms with van der Waals surface area (Å²) in [5.74, 6) is 1.89. The molecule has 15 heteroatoms. The molecule has 268 valence electrons. The van der Waals surface area contributed by atoms with Gasteiger partial charge in [-0.2, -0.15) is 10.1 Å². The molecule has 6 atom stereocenters. The number of ether oxygens (including phenoxy) is 1. The third kappa shape index (κ3) is 5.95. The number of rotatable bonds is 8. The van der Waals surface area contributed by atoms with E-state index in [1.54, 1.807) is 23.4 Å². The molecule has 0 spiro atoms. The first-order valence-electron chi connectivity index (χ1n) is 17.5. The van der Waals surface area contributed by atoms with E-state index in [2.05, 4.69) is 33.7 Å². The number of pyridine rings is 1. The maximum atomic E-state index is 14.7. The number of alkyl halides is 1. The number of piperidine rings is 1. The molecular formula is C35H46FN9O4S. The molecule has 4 aliphatic heterocycles. The summed E-state index contributed by atoms with van der Waals surface area (Å²) < 4.78 is 46.3. The highest BCUT2D eigenvalue weighted by Gasteiger charge is 2.53. The van der Waals surface area contributed by atoms with E-state index in [-0.39, 0.29) is 35.7 Å². The Labute approximate surface area is 292 Å². The molecule has 13 nitrogen and oxygen atoms in total. The topological polar surface area (TPSA) is 147 Å². The average Bonchev–Trinajstić information content (AvgIpc) is 3.59. The SMILES string of the molecule is C=CC(=O)N1CCCC1c1nnc(N2CC(C3CCCC(C)(C)S3(=O)=O)C2C)c2cnc(Nc3ccnc(N4CC[C@@H](OC)[C@@H](F)C4)n3)cc12. The van der Waals surface area contributed by atoms with Gasteiger partial charge in [0.25, 0.3) is 0 Å². The number of amides is 1. The lowest BCUT2D eigenvalue weighted by Crippen LogP contribution is -2.63. The van der Waals surface area contributed by atoms with Crippen LogP contribution < -0.4 is 15.1 Å². The molecule has 4 aliphatic rings. The van der Waals surface area contributed by atoms with Gasteiger partial charge < -0.3 is 24.8 Å². The number of carbonyl (C=O) groups is 1. The minimum atomic E-state index is -3.30. The zero-order valence-electron chi connectivity index (χ0n) is 29.1. The summed E-state index contributed by atoms with van der Waals surface area (Å²) in [6.45, 7) is 11.3. The first kappa shape index (κ1) is 34.5. The van der Waals surface area contributed by atoms with Gasteiger partial charge in [-0.1, -0.05) is 13.0 Å². The minimum absolute atomic E-state index is 0.0135. The standard InChI is InChI=1S/C35H46FN9O4S/c1-6-31(46)44-15-8-9-26(44)32-22-17-30(39-29-11-14-37-34(40-29)43-16-12-27(49-5)25(36)20-43)38-18-23(22)33(42-41-32)45-19-24(21(45)2)28-10-7-13-35(3,4)50(28,47)48/h6,11,14,17-18,21,24-28H,1,7-10,12-13,15-16,19-20H2,2-5H3,(H,37,38,39,40)/t21?,24?,25-,26?,27+,28?/m0/s1. The highest BCUT2D eigenvalue weighted by atomic mass is 32.2. The molecule has 0 aromatic carbocycles. The van der Waals surface area contributed by atoms with Crippen LogP contribution in [-0.2, 0) is 19.4 Å². The van der Waals surface area contributed by atoms with E-state index < -0.39 is 26.9 Å². The normalized spacial score (nSPS) is 29.1. The van der Waals surface area contributed by atoms with Crippen molar-refractivity contribution in [1.82, 2.24) is 30.0 Å². The number of methoxy groups -OCH3 is 1. The molecule has 7 rings (SSSR count). The van der Waals surface area contributed by atoms with Crippen LogP contribution in [0.5, 0.6) is 0 Å². The van der Waals surface area contributed by atoms with Crippen molar-refractivity contribution in [2.24, 2.45) is 5.92 Å². The quantitative estimate of drug-likeness (QED) is 0.328. The molecular weight excluding hydrogens is 662 g/mol. The van der Waals surface area contributed by atoms with E-state index in [9.17, 15) is 17.6 Å². The number of carbonyl (C=O) groups excluding carboxylic acids is 1. The zero-order chi connectivity index (χ0) is 35.4. The lowest BCUT2D eigenvalue weighted by Gasteiger charge is -2.52. The number of aromatic nitrogens is 5. The van der Waals surface area contributed by atoms with Crippen LogP contribution >= 0.6 is 0 Å². The molecule has 4 fully saturated rings. The summed E-state index contributed by atoms with van der Waals surface area (Å²) in [6.07, 6.45) is 7.49. The second kappa shape index (κ2) is 13.3. The van der Waals surface area contributed by atoms with E-state index in [1.807, 2.05) is 24.8 Å². The van der Waals surface area contributed by atoms with Crippen LogP contribution in [0.4, 0.5) is 27.8 Å². The Morgan fingerprint density at radius 3 is 2.66 bits per heavy atom. The molecule has 50 heavy (non-hydrogen) atoms. The fourth-order valence-corrected chi connectivity index (χ4v) is 10.8. The Morgan fingerprint density at radius 1 is 1.10 bits per heavy atom. The number of halogens is 1. The second-order valence-electron chi connectivity index (χ2n) is 14.6. The zero-order valence-corrected chi connectivity index (χ0v) is 29.9. The first-order chi connectivity index (χ1) is 23.9. The highest BCUT2D eigenvalue weighted by Crippen LogP contribution is 2.45. The fourth-order valence-electron chi connectivity index (χ4n) is 8.27. The van der Waals surface area contributed by atoms with Crippen molar-refractivity contribution < 1.29 is 22.3 Å².